The van der Waals surface area contributed by atoms with E-state index in [9.17, 15) is 9.59 Å². The number of thioether (sulfide) groups is 1. The summed E-state index contributed by atoms with van der Waals surface area (Å²) in [6.07, 6.45) is 4.04. The number of carbonyl (C=O) groups is 2. The van der Waals surface area contributed by atoms with Gasteiger partial charge in [0.15, 0.2) is 0 Å². The Labute approximate surface area is 172 Å². The molecule has 1 aliphatic rings. The number of hydrogen-bond acceptors (Lipinski definition) is 6. The number of ether oxygens (including phenoxy) is 1. The largest absolute Gasteiger partial charge is 0.494 e. The molecule has 0 spiro atoms. The van der Waals surface area contributed by atoms with Crippen LogP contribution in [0, 0.1) is 0 Å². The molecule has 1 aliphatic heterocycles. The second kappa shape index (κ2) is 9.57. The maximum absolute atomic E-state index is 12.5. The van der Waals surface area contributed by atoms with Gasteiger partial charge in [0.25, 0.3) is 5.91 Å². The zero-order chi connectivity index (χ0) is 19.9. The van der Waals surface area contributed by atoms with Crippen LogP contribution in [0.2, 0.25) is 0 Å². The van der Waals surface area contributed by atoms with Crippen LogP contribution in [-0.4, -0.2) is 34.2 Å². The van der Waals surface area contributed by atoms with E-state index in [2.05, 4.69) is 5.32 Å². The molecule has 2 amide bonds. The molecule has 1 fully saturated rings. The van der Waals surface area contributed by atoms with E-state index in [1.807, 2.05) is 19.1 Å². The van der Waals surface area contributed by atoms with E-state index in [-0.39, 0.29) is 11.8 Å². The van der Waals surface area contributed by atoms with E-state index in [1.54, 1.807) is 36.6 Å². The van der Waals surface area contributed by atoms with Crippen molar-refractivity contribution in [1.82, 2.24) is 4.90 Å². The lowest BCUT2D eigenvalue weighted by atomic mass is 10.2. The Kier molecular flexibility index (Phi) is 6.89. The molecule has 2 aromatic rings. The van der Waals surface area contributed by atoms with Crippen LogP contribution in [0.1, 0.15) is 25.5 Å². The second-order valence-corrected chi connectivity index (χ2v) is 7.63. The topological polar surface area (TPSA) is 71.8 Å². The van der Waals surface area contributed by atoms with Gasteiger partial charge in [0.2, 0.25) is 5.91 Å². The Morgan fingerprint density at radius 2 is 2.11 bits per heavy atom. The molecule has 0 saturated carbocycles. The van der Waals surface area contributed by atoms with Crippen LogP contribution in [-0.2, 0) is 9.59 Å². The highest BCUT2D eigenvalue weighted by atomic mass is 32.2. The number of nitrogens with zero attached hydrogens (tertiary/aromatic N) is 1. The highest BCUT2D eigenvalue weighted by molar-refractivity contribution is 8.26. The molecule has 28 heavy (non-hydrogen) atoms. The van der Waals surface area contributed by atoms with Crippen molar-refractivity contribution in [2.24, 2.45) is 0 Å². The number of amides is 2. The smallest absolute Gasteiger partial charge is 0.266 e. The molecule has 0 atom stereocenters. The number of furan rings is 1. The summed E-state index contributed by atoms with van der Waals surface area (Å²) in [6.45, 7) is 2.91. The fourth-order valence-electron chi connectivity index (χ4n) is 2.62. The van der Waals surface area contributed by atoms with E-state index in [1.165, 1.54) is 16.7 Å². The lowest BCUT2D eigenvalue weighted by Crippen LogP contribution is -2.29. The van der Waals surface area contributed by atoms with Gasteiger partial charge in [0, 0.05) is 24.7 Å². The van der Waals surface area contributed by atoms with Gasteiger partial charge in [0.1, 0.15) is 15.8 Å². The van der Waals surface area contributed by atoms with Crippen LogP contribution in [0.4, 0.5) is 5.69 Å². The van der Waals surface area contributed by atoms with Gasteiger partial charge in [-0.3, -0.25) is 14.5 Å². The van der Waals surface area contributed by atoms with Crippen LogP contribution in [0.5, 0.6) is 5.75 Å². The number of nitrogens with one attached hydrogen (secondary N) is 1. The average molecular weight is 417 g/mol. The van der Waals surface area contributed by atoms with Crippen LogP contribution in [0.25, 0.3) is 6.08 Å². The monoisotopic (exact) mass is 416 g/mol. The summed E-state index contributed by atoms with van der Waals surface area (Å²) in [7, 11) is 0. The molecule has 0 unspecified atom stereocenters. The normalized spacial score (nSPS) is 15.3. The molecule has 146 valence electrons. The quantitative estimate of drug-likeness (QED) is 0.511. The first-order valence-corrected chi connectivity index (χ1v) is 10.1. The van der Waals surface area contributed by atoms with E-state index in [0.717, 1.165) is 5.75 Å². The number of thiocarbonyl (C=S) groups is 1. The van der Waals surface area contributed by atoms with Gasteiger partial charge < -0.3 is 14.5 Å². The Morgan fingerprint density at radius 3 is 2.79 bits per heavy atom. The number of hydrogen-bond donors (Lipinski definition) is 1. The molecule has 3 rings (SSSR count). The SMILES string of the molecule is CCOc1ccc(NC(=O)CCCN2C(=O)/C(=C/c3ccco3)SC2=S)cc1. The fraction of sp³-hybridized carbons (Fsp3) is 0.250. The summed E-state index contributed by atoms with van der Waals surface area (Å²) in [4.78, 5) is 26.7. The molecule has 1 N–H and O–H groups in total. The van der Waals surface area contributed by atoms with Crippen LogP contribution in [0.3, 0.4) is 0 Å². The summed E-state index contributed by atoms with van der Waals surface area (Å²) in [5, 5.41) is 2.84. The zero-order valence-corrected chi connectivity index (χ0v) is 17.0. The maximum atomic E-state index is 12.5. The van der Waals surface area contributed by atoms with Crippen molar-refractivity contribution in [3.05, 3.63) is 53.3 Å². The van der Waals surface area contributed by atoms with Crippen molar-refractivity contribution in [3.8, 4) is 5.75 Å². The number of anilines is 1. The van der Waals surface area contributed by atoms with Crippen LogP contribution in [0.15, 0.2) is 52.0 Å². The minimum Gasteiger partial charge on any atom is -0.494 e. The third kappa shape index (κ3) is 5.24. The molecule has 0 radical (unpaired) electrons. The summed E-state index contributed by atoms with van der Waals surface area (Å²) in [5.41, 5.74) is 0.709. The standard InChI is InChI=1S/C20H20N2O4S2/c1-2-25-15-9-7-14(8-10-15)21-18(23)6-3-11-22-19(24)17(28-20(22)27)13-16-5-4-12-26-16/h4-5,7-10,12-13H,2-3,6,11H2,1H3,(H,21,23)/b17-13-. The molecular weight excluding hydrogens is 396 g/mol. The first-order chi connectivity index (χ1) is 13.6. The predicted molar refractivity (Wildman–Crippen MR) is 114 cm³/mol. The molecule has 1 aromatic heterocycles. The van der Waals surface area contributed by atoms with Crippen LogP contribution >= 0.6 is 24.0 Å². The average Bonchev–Trinajstić information content (AvgIpc) is 3.27. The Balaban J connectivity index is 1.47. The molecule has 0 bridgehead atoms. The molecule has 2 heterocycles. The van der Waals surface area contributed by atoms with Gasteiger partial charge in [-0.15, -0.1) is 0 Å². The van der Waals surface area contributed by atoms with Gasteiger partial charge >= 0.3 is 0 Å². The molecule has 0 aliphatic carbocycles. The third-order valence-electron chi connectivity index (χ3n) is 3.92. The molecule has 6 nitrogen and oxygen atoms in total. The first-order valence-electron chi connectivity index (χ1n) is 8.88. The van der Waals surface area contributed by atoms with Gasteiger partial charge in [0.05, 0.1) is 17.8 Å². The number of benzene rings is 1. The van der Waals surface area contributed by atoms with Crippen molar-refractivity contribution in [3.63, 3.8) is 0 Å². The Bertz CT molecular complexity index is 876. The maximum Gasteiger partial charge on any atom is 0.266 e. The van der Waals surface area contributed by atoms with E-state index >= 15 is 0 Å². The highest BCUT2D eigenvalue weighted by Crippen LogP contribution is 2.32. The lowest BCUT2D eigenvalue weighted by molar-refractivity contribution is -0.122. The minimum atomic E-state index is -0.154. The predicted octanol–water partition coefficient (Wildman–Crippen LogP) is 4.30. The van der Waals surface area contributed by atoms with E-state index < -0.39 is 0 Å². The molecule has 1 saturated heterocycles. The molecular formula is C20H20N2O4S2. The summed E-state index contributed by atoms with van der Waals surface area (Å²) in [6, 6.07) is 10.7. The van der Waals surface area contributed by atoms with Gasteiger partial charge in [-0.2, -0.15) is 0 Å². The molecule has 1 aromatic carbocycles. The van der Waals surface area contributed by atoms with Crippen molar-refractivity contribution < 1.29 is 18.7 Å². The first kappa shape index (κ1) is 20.2. The second-order valence-electron chi connectivity index (χ2n) is 5.96. The minimum absolute atomic E-state index is 0.110. The Morgan fingerprint density at radius 1 is 1.32 bits per heavy atom. The van der Waals surface area contributed by atoms with Gasteiger partial charge in [-0.05, 0) is 49.7 Å². The van der Waals surface area contributed by atoms with E-state index in [0.29, 0.717) is 46.7 Å². The zero-order valence-electron chi connectivity index (χ0n) is 15.3. The van der Waals surface area contributed by atoms with Crippen LogP contribution < -0.4 is 10.1 Å². The van der Waals surface area contributed by atoms with Crippen molar-refractivity contribution >= 4 is 51.9 Å². The molecule has 8 heteroatoms. The fourth-order valence-corrected chi connectivity index (χ4v) is 3.91. The van der Waals surface area contributed by atoms with Gasteiger partial charge in [-0.1, -0.05) is 24.0 Å². The van der Waals surface area contributed by atoms with Crippen molar-refractivity contribution in [2.45, 2.75) is 19.8 Å². The van der Waals surface area contributed by atoms with Gasteiger partial charge in [-0.25, -0.2) is 0 Å². The third-order valence-corrected chi connectivity index (χ3v) is 5.30. The number of carbonyl (C=O) groups excluding carboxylic acids is 2. The van der Waals surface area contributed by atoms with Crippen molar-refractivity contribution in [2.75, 3.05) is 18.5 Å². The lowest BCUT2D eigenvalue weighted by Gasteiger charge is -2.14. The van der Waals surface area contributed by atoms with Crippen molar-refractivity contribution in [1.29, 1.82) is 0 Å². The van der Waals surface area contributed by atoms with E-state index in [4.69, 9.17) is 21.4 Å². The highest BCUT2D eigenvalue weighted by Gasteiger charge is 2.31. The summed E-state index contributed by atoms with van der Waals surface area (Å²) >= 11 is 6.54. The Hall–Kier alpha value is -2.58. The summed E-state index contributed by atoms with van der Waals surface area (Å²) in [5.74, 6) is 1.10. The summed E-state index contributed by atoms with van der Waals surface area (Å²) < 4.78 is 11.1. The number of rotatable bonds is 8.